The lowest BCUT2D eigenvalue weighted by Crippen LogP contribution is -2.55. The molecule has 2 fully saturated rings. The summed E-state index contributed by atoms with van der Waals surface area (Å²) >= 11 is 0. The van der Waals surface area contributed by atoms with Crippen molar-refractivity contribution in [2.24, 2.45) is 5.92 Å². The molecule has 0 radical (unpaired) electrons. The molecule has 2 rings (SSSR count). The van der Waals surface area contributed by atoms with E-state index in [-0.39, 0.29) is 23.8 Å². The predicted octanol–water partition coefficient (Wildman–Crippen LogP) is 1.28. The third-order valence-corrected chi connectivity index (χ3v) is 5.91. The first-order valence-electron chi connectivity index (χ1n) is 12.0. The van der Waals surface area contributed by atoms with Gasteiger partial charge in [-0.1, -0.05) is 0 Å². The van der Waals surface area contributed by atoms with Crippen LogP contribution in [0, 0.1) is 5.92 Å². The minimum absolute atomic E-state index is 0.0240. The third kappa shape index (κ3) is 8.94. The van der Waals surface area contributed by atoms with E-state index in [1.807, 2.05) is 39.8 Å². The van der Waals surface area contributed by atoms with Crippen molar-refractivity contribution >= 4 is 17.9 Å². The molecule has 2 aliphatic heterocycles. The van der Waals surface area contributed by atoms with Crippen LogP contribution in [-0.2, 0) is 14.3 Å². The summed E-state index contributed by atoms with van der Waals surface area (Å²) < 4.78 is 5.44. The van der Waals surface area contributed by atoms with Gasteiger partial charge in [-0.15, -0.1) is 0 Å². The molecule has 0 aromatic carbocycles. The number of carbonyl (C=O) groups excluding carboxylic acids is 3. The SMILES string of the molecule is CN(C)CCCC[C@H](NC(=O)C1CCN(C(=O)OC(C)(C)C)CC1)C(=O)N1CCNCC1. The molecule has 184 valence electrons. The molecule has 2 aliphatic rings. The van der Waals surface area contributed by atoms with E-state index >= 15 is 0 Å². The topological polar surface area (TPSA) is 94.2 Å². The molecule has 0 saturated carbocycles. The molecule has 0 spiro atoms. The van der Waals surface area contributed by atoms with Crippen molar-refractivity contribution in [2.75, 3.05) is 59.9 Å². The summed E-state index contributed by atoms with van der Waals surface area (Å²) in [5.41, 5.74) is -0.532. The maximum atomic E-state index is 13.1. The van der Waals surface area contributed by atoms with Gasteiger partial charge < -0.3 is 30.1 Å². The van der Waals surface area contributed by atoms with Crippen molar-refractivity contribution in [2.45, 2.75) is 64.5 Å². The number of nitrogens with one attached hydrogen (secondary N) is 2. The Balaban J connectivity index is 1.89. The van der Waals surface area contributed by atoms with E-state index in [1.54, 1.807) is 4.90 Å². The molecule has 0 aliphatic carbocycles. The average Bonchev–Trinajstić information content (AvgIpc) is 2.74. The van der Waals surface area contributed by atoms with E-state index < -0.39 is 11.6 Å². The highest BCUT2D eigenvalue weighted by Gasteiger charge is 2.33. The fourth-order valence-corrected chi connectivity index (χ4v) is 4.08. The van der Waals surface area contributed by atoms with Crippen molar-refractivity contribution < 1.29 is 19.1 Å². The van der Waals surface area contributed by atoms with Gasteiger partial charge in [-0.2, -0.15) is 0 Å². The van der Waals surface area contributed by atoms with E-state index in [2.05, 4.69) is 15.5 Å². The van der Waals surface area contributed by atoms with Crippen LogP contribution in [-0.4, -0.2) is 104 Å². The van der Waals surface area contributed by atoms with Crippen LogP contribution in [0.15, 0.2) is 0 Å². The zero-order chi connectivity index (χ0) is 23.7. The van der Waals surface area contributed by atoms with Crippen LogP contribution < -0.4 is 10.6 Å². The quantitative estimate of drug-likeness (QED) is 0.538. The van der Waals surface area contributed by atoms with Crippen LogP contribution in [0.4, 0.5) is 4.79 Å². The second kappa shape index (κ2) is 12.4. The number of nitrogens with zero attached hydrogens (tertiary/aromatic N) is 3. The van der Waals surface area contributed by atoms with Crippen LogP contribution in [0.2, 0.25) is 0 Å². The van der Waals surface area contributed by atoms with Gasteiger partial charge in [-0.3, -0.25) is 9.59 Å². The van der Waals surface area contributed by atoms with Gasteiger partial charge in [-0.05, 0) is 73.5 Å². The third-order valence-electron chi connectivity index (χ3n) is 5.91. The summed E-state index contributed by atoms with van der Waals surface area (Å²) in [6.45, 7) is 10.4. The maximum absolute atomic E-state index is 13.1. The van der Waals surface area contributed by atoms with E-state index in [4.69, 9.17) is 4.74 Å². The van der Waals surface area contributed by atoms with Crippen molar-refractivity contribution in [3.05, 3.63) is 0 Å². The van der Waals surface area contributed by atoms with Gasteiger partial charge in [0.2, 0.25) is 11.8 Å². The lowest BCUT2D eigenvalue weighted by atomic mass is 9.95. The van der Waals surface area contributed by atoms with Crippen molar-refractivity contribution in [3.63, 3.8) is 0 Å². The first kappa shape index (κ1) is 26.4. The number of hydrogen-bond donors (Lipinski definition) is 2. The molecular formula is C23H43N5O4. The first-order valence-corrected chi connectivity index (χ1v) is 12.0. The number of carbonyl (C=O) groups is 3. The van der Waals surface area contributed by atoms with Crippen LogP contribution in [0.1, 0.15) is 52.9 Å². The summed E-state index contributed by atoms with van der Waals surface area (Å²) in [5, 5.41) is 6.32. The second-order valence-electron chi connectivity index (χ2n) is 10.2. The van der Waals surface area contributed by atoms with Crippen LogP contribution in [0.5, 0.6) is 0 Å². The number of piperazine rings is 1. The number of rotatable bonds is 8. The lowest BCUT2D eigenvalue weighted by Gasteiger charge is -2.34. The Kier molecular flexibility index (Phi) is 10.2. The Labute approximate surface area is 193 Å². The fourth-order valence-electron chi connectivity index (χ4n) is 4.08. The monoisotopic (exact) mass is 453 g/mol. The molecule has 9 nitrogen and oxygen atoms in total. The summed E-state index contributed by atoms with van der Waals surface area (Å²) in [4.78, 5) is 44.1. The van der Waals surface area contributed by atoms with E-state index in [0.29, 0.717) is 45.4 Å². The Morgan fingerprint density at radius 3 is 2.22 bits per heavy atom. The molecule has 0 aromatic rings. The highest BCUT2D eigenvalue weighted by Crippen LogP contribution is 2.20. The highest BCUT2D eigenvalue weighted by molar-refractivity contribution is 5.88. The number of likely N-dealkylation sites (tertiary alicyclic amines) is 1. The Bertz CT molecular complexity index is 620. The molecule has 1 atom stereocenters. The van der Waals surface area contributed by atoms with E-state index in [1.165, 1.54) is 0 Å². The number of unbranched alkanes of at least 4 members (excludes halogenated alkanes) is 1. The summed E-state index contributed by atoms with van der Waals surface area (Å²) in [5.74, 6) is -0.236. The summed E-state index contributed by atoms with van der Waals surface area (Å²) in [7, 11) is 4.07. The minimum atomic E-state index is -0.532. The Hall–Kier alpha value is -1.87. The molecule has 0 unspecified atom stereocenters. The van der Waals surface area contributed by atoms with Gasteiger partial charge in [0.25, 0.3) is 0 Å². The molecule has 0 aromatic heterocycles. The van der Waals surface area contributed by atoms with Gasteiger partial charge in [0.05, 0.1) is 0 Å². The van der Waals surface area contributed by atoms with Gasteiger partial charge >= 0.3 is 6.09 Å². The molecule has 2 saturated heterocycles. The summed E-state index contributed by atoms with van der Waals surface area (Å²) in [6, 6.07) is -0.480. The summed E-state index contributed by atoms with van der Waals surface area (Å²) in [6.07, 6.45) is 3.36. The zero-order valence-corrected chi connectivity index (χ0v) is 20.6. The smallest absolute Gasteiger partial charge is 0.410 e. The second-order valence-corrected chi connectivity index (χ2v) is 10.2. The average molecular weight is 454 g/mol. The van der Waals surface area contributed by atoms with E-state index in [0.717, 1.165) is 32.5 Å². The zero-order valence-electron chi connectivity index (χ0n) is 20.6. The van der Waals surface area contributed by atoms with Gasteiger partial charge in [0.1, 0.15) is 11.6 Å². The number of piperidine rings is 1. The molecule has 3 amide bonds. The first-order chi connectivity index (χ1) is 15.1. The molecule has 2 heterocycles. The van der Waals surface area contributed by atoms with Crippen LogP contribution in [0.3, 0.4) is 0 Å². The number of ether oxygens (including phenoxy) is 1. The molecule has 9 heteroatoms. The molecule has 32 heavy (non-hydrogen) atoms. The van der Waals surface area contributed by atoms with Crippen molar-refractivity contribution in [1.82, 2.24) is 25.3 Å². The van der Waals surface area contributed by atoms with Crippen molar-refractivity contribution in [1.29, 1.82) is 0 Å². The largest absolute Gasteiger partial charge is 0.444 e. The van der Waals surface area contributed by atoms with Crippen LogP contribution in [0.25, 0.3) is 0 Å². The molecule has 0 bridgehead atoms. The van der Waals surface area contributed by atoms with E-state index in [9.17, 15) is 14.4 Å². The Morgan fingerprint density at radius 1 is 1.03 bits per heavy atom. The molecular weight excluding hydrogens is 410 g/mol. The Morgan fingerprint density at radius 2 is 1.66 bits per heavy atom. The maximum Gasteiger partial charge on any atom is 0.410 e. The lowest BCUT2D eigenvalue weighted by molar-refractivity contribution is -0.138. The highest BCUT2D eigenvalue weighted by atomic mass is 16.6. The van der Waals surface area contributed by atoms with Gasteiger partial charge in [-0.25, -0.2) is 4.79 Å². The van der Waals surface area contributed by atoms with Crippen LogP contribution >= 0.6 is 0 Å². The fraction of sp³-hybridized carbons (Fsp3) is 0.870. The number of amides is 3. The van der Waals surface area contributed by atoms with Crippen molar-refractivity contribution in [3.8, 4) is 0 Å². The standard InChI is InChI=1S/C23H43N5O4/c1-23(2,3)32-22(31)28-14-9-18(10-15-28)20(29)25-19(8-6-7-13-26(4)5)21(30)27-16-11-24-12-17-27/h18-19,24H,6-17H2,1-5H3,(H,25,29)/t19-/m0/s1. The van der Waals surface area contributed by atoms with Gasteiger partial charge in [0.15, 0.2) is 0 Å². The molecule has 2 N–H and O–H groups in total. The van der Waals surface area contributed by atoms with Gasteiger partial charge in [0, 0.05) is 45.2 Å². The normalized spacial score (nSPS) is 19.1. The predicted molar refractivity (Wildman–Crippen MR) is 124 cm³/mol. The number of hydrogen-bond acceptors (Lipinski definition) is 6. The minimum Gasteiger partial charge on any atom is -0.444 e.